The predicted octanol–water partition coefficient (Wildman–Crippen LogP) is 6.02. The molecule has 190 valence electrons. The molecular weight excluding hydrogens is 480 g/mol. The normalized spacial score (nSPS) is 12.1. The molecule has 1 N–H and O–H groups in total. The van der Waals surface area contributed by atoms with Crippen molar-refractivity contribution in [2.24, 2.45) is 0 Å². The number of hydrogen-bond donors (Lipinski definition) is 1. The van der Waals surface area contributed by atoms with E-state index >= 15 is 0 Å². The van der Waals surface area contributed by atoms with Crippen LogP contribution in [0.25, 0.3) is 0 Å². The number of carbonyl (C=O) groups is 1. The monoisotopic (exact) mass is 512 g/mol. The standard InChI is InChI=1S/C31H32N2O3S/c1-22-14-16-28(17-15-22)37(35,36)33(27-19-23(2)18-24(3)20-27)21-30(34)32-31(26-11-6-5-7-12-26)29-13-9-8-10-25(29)4/h5-20,31H,21H2,1-4H3,(H,32,34). The molecule has 1 atom stereocenters. The van der Waals surface area contributed by atoms with Crippen LogP contribution in [0, 0.1) is 27.7 Å². The number of anilines is 1. The lowest BCUT2D eigenvalue weighted by Gasteiger charge is -2.27. The van der Waals surface area contributed by atoms with Crippen LogP contribution in [0.2, 0.25) is 0 Å². The van der Waals surface area contributed by atoms with Crippen molar-refractivity contribution < 1.29 is 13.2 Å². The molecule has 0 saturated carbocycles. The van der Waals surface area contributed by atoms with Crippen LogP contribution >= 0.6 is 0 Å². The summed E-state index contributed by atoms with van der Waals surface area (Å²) in [5, 5.41) is 3.11. The molecule has 1 amide bonds. The Bertz CT molecular complexity index is 1480. The van der Waals surface area contributed by atoms with E-state index in [9.17, 15) is 13.2 Å². The highest BCUT2D eigenvalue weighted by atomic mass is 32.2. The third kappa shape index (κ3) is 6.09. The minimum absolute atomic E-state index is 0.142. The van der Waals surface area contributed by atoms with Crippen LogP contribution in [0.3, 0.4) is 0 Å². The fraction of sp³-hybridized carbons (Fsp3) is 0.194. The van der Waals surface area contributed by atoms with Crippen molar-refractivity contribution in [2.45, 2.75) is 38.6 Å². The topological polar surface area (TPSA) is 66.5 Å². The third-order valence-electron chi connectivity index (χ3n) is 6.33. The molecule has 0 spiro atoms. The smallest absolute Gasteiger partial charge is 0.264 e. The van der Waals surface area contributed by atoms with Gasteiger partial charge in [-0.3, -0.25) is 9.10 Å². The fourth-order valence-corrected chi connectivity index (χ4v) is 5.89. The van der Waals surface area contributed by atoms with E-state index in [1.165, 1.54) is 4.31 Å². The van der Waals surface area contributed by atoms with Gasteiger partial charge in [-0.15, -0.1) is 0 Å². The van der Waals surface area contributed by atoms with Gasteiger partial charge in [0.25, 0.3) is 10.0 Å². The minimum Gasteiger partial charge on any atom is -0.344 e. The predicted molar refractivity (Wildman–Crippen MR) is 149 cm³/mol. The third-order valence-corrected chi connectivity index (χ3v) is 8.12. The number of sulfonamides is 1. The van der Waals surface area contributed by atoms with Crippen molar-refractivity contribution in [3.63, 3.8) is 0 Å². The van der Waals surface area contributed by atoms with Gasteiger partial charge in [-0.05, 0) is 79.8 Å². The average Bonchev–Trinajstić information content (AvgIpc) is 2.86. The first kappa shape index (κ1) is 26.2. The summed E-state index contributed by atoms with van der Waals surface area (Å²) in [7, 11) is -4.00. The molecule has 0 aliphatic heterocycles. The van der Waals surface area contributed by atoms with Crippen molar-refractivity contribution in [3.8, 4) is 0 Å². The van der Waals surface area contributed by atoms with Crippen LogP contribution in [0.1, 0.15) is 39.4 Å². The number of nitrogens with zero attached hydrogens (tertiary/aromatic N) is 1. The Morgan fingerprint density at radius 3 is 1.97 bits per heavy atom. The van der Waals surface area contributed by atoms with Crippen molar-refractivity contribution >= 4 is 21.6 Å². The van der Waals surface area contributed by atoms with Gasteiger partial charge in [-0.2, -0.15) is 0 Å². The summed E-state index contributed by atoms with van der Waals surface area (Å²) in [4.78, 5) is 13.7. The Labute approximate surface area is 219 Å². The van der Waals surface area contributed by atoms with Gasteiger partial charge in [0, 0.05) is 0 Å². The van der Waals surface area contributed by atoms with E-state index < -0.39 is 22.0 Å². The lowest BCUT2D eigenvalue weighted by Crippen LogP contribution is -2.42. The van der Waals surface area contributed by atoms with E-state index in [4.69, 9.17) is 0 Å². The molecule has 4 rings (SSSR count). The number of amides is 1. The van der Waals surface area contributed by atoms with Gasteiger partial charge >= 0.3 is 0 Å². The summed E-state index contributed by atoms with van der Waals surface area (Å²) in [6, 6.07) is 29.4. The Morgan fingerprint density at radius 1 is 0.757 bits per heavy atom. The molecule has 0 radical (unpaired) electrons. The van der Waals surface area contributed by atoms with Crippen molar-refractivity contribution in [1.29, 1.82) is 0 Å². The Balaban J connectivity index is 1.73. The molecule has 0 aromatic heterocycles. The number of benzene rings is 4. The first-order valence-corrected chi connectivity index (χ1v) is 13.7. The summed E-state index contributed by atoms with van der Waals surface area (Å²) in [5.41, 5.74) is 6.17. The second-order valence-electron chi connectivity index (χ2n) is 9.44. The highest BCUT2D eigenvalue weighted by molar-refractivity contribution is 7.92. The molecule has 37 heavy (non-hydrogen) atoms. The summed E-state index contributed by atoms with van der Waals surface area (Å²) in [6.07, 6.45) is 0. The summed E-state index contributed by atoms with van der Waals surface area (Å²) < 4.78 is 28.9. The zero-order valence-corrected chi connectivity index (χ0v) is 22.4. The van der Waals surface area contributed by atoms with Gasteiger partial charge in [0.05, 0.1) is 16.6 Å². The highest BCUT2D eigenvalue weighted by Crippen LogP contribution is 2.28. The first-order valence-electron chi connectivity index (χ1n) is 12.2. The number of aryl methyl sites for hydroxylation is 4. The van der Waals surface area contributed by atoms with E-state index in [1.807, 2.05) is 88.4 Å². The maximum Gasteiger partial charge on any atom is 0.264 e. The number of nitrogens with one attached hydrogen (secondary N) is 1. The molecule has 4 aromatic carbocycles. The van der Waals surface area contributed by atoms with Crippen molar-refractivity contribution in [2.75, 3.05) is 10.8 Å². The fourth-order valence-electron chi connectivity index (χ4n) is 4.48. The van der Waals surface area contributed by atoms with Crippen LogP contribution in [-0.4, -0.2) is 20.9 Å². The minimum atomic E-state index is -4.00. The second kappa shape index (κ2) is 11.0. The zero-order chi connectivity index (χ0) is 26.6. The zero-order valence-electron chi connectivity index (χ0n) is 21.6. The number of rotatable bonds is 8. The van der Waals surface area contributed by atoms with Crippen LogP contribution in [-0.2, 0) is 14.8 Å². The molecule has 1 unspecified atom stereocenters. The molecular formula is C31H32N2O3S. The summed E-state index contributed by atoms with van der Waals surface area (Å²) in [5.74, 6) is -0.396. The second-order valence-corrected chi connectivity index (χ2v) is 11.3. The molecule has 0 saturated heterocycles. The molecule has 6 heteroatoms. The quantitative estimate of drug-likeness (QED) is 0.314. The van der Waals surface area contributed by atoms with Gasteiger partial charge in [-0.25, -0.2) is 8.42 Å². The Kier molecular flexibility index (Phi) is 7.79. The molecule has 5 nitrogen and oxygen atoms in total. The molecule has 0 aliphatic rings. The summed E-state index contributed by atoms with van der Waals surface area (Å²) >= 11 is 0. The van der Waals surface area contributed by atoms with Crippen LogP contribution in [0.5, 0.6) is 0 Å². The van der Waals surface area contributed by atoms with E-state index in [-0.39, 0.29) is 11.4 Å². The van der Waals surface area contributed by atoms with Gasteiger partial charge in [0.1, 0.15) is 6.54 Å². The maximum absolute atomic E-state index is 13.8. The van der Waals surface area contributed by atoms with Crippen LogP contribution < -0.4 is 9.62 Å². The molecule has 0 heterocycles. The van der Waals surface area contributed by atoms with E-state index in [0.717, 1.165) is 33.4 Å². The molecule has 0 bridgehead atoms. The Morgan fingerprint density at radius 2 is 1.35 bits per heavy atom. The van der Waals surface area contributed by atoms with Gasteiger partial charge in [0.15, 0.2) is 0 Å². The lowest BCUT2D eigenvalue weighted by molar-refractivity contribution is -0.120. The van der Waals surface area contributed by atoms with Gasteiger partial charge in [0.2, 0.25) is 5.91 Å². The van der Waals surface area contributed by atoms with Crippen molar-refractivity contribution in [1.82, 2.24) is 5.32 Å². The van der Waals surface area contributed by atoms with Crippen LogP contribution in [0.4, 0.5) is 5.69 Å². The first-order chi connectivity index (χ1) is 17.6. The van der Waals surface area contributed by atoms with E-state index in [0.29, 0.717) is 5.69 Å². The SMILES string of the molecule is Cc1ccc(S(=O)(=O)N(CC(=O)NC(c2ccccc2)c2ccccc2C)c2cc(C)cc(C)c2)cc1. The summed E-state index contributed by atoms with van der Waals surface area (Å²) in [6.45, 7) is 7.38. The largest absolute Gasteiger partial charge is 0.344 e. The molecule has 4 aromatic rings. The highest BCUT2D eigenvalue weighted by Gasteiger charge is 2.29. The van der Waals surface area contributed by atoms with Crippen LogP contribution in [0.15, 0.2) is 102 Å². The molecule has 0 aliphatic carbocycles. The lowest BCUT2D eigenvalue weighted by atomic mass is 9.95. The van der Waals surface area contributed by atoms with E-state index in [1.54, 1.807) is 36.4 Å². The van der Waals surface area contributed by atoms with Gasteiger partial charge in [-0.1, -0.05) is 78.4 Å². The molecule has 0 fully saturated rings. The van der Waals surface area contributed by atoms with Gasteiger partial charge < -0.3 is 5.32 Å². The average molecular weight is 513 g/mol. The number of hydrogen-bond acceptors (Lipinski definition) is 3. The number of carbonyl (C=O) groups excluding carboxylic acids is 1. The van der Waals surface area contributed by atoms with Crippen molar-refractivity contribution in [3.05, 3.63) is 130 Å². The van der Waals surface area contributed by atoms with E-state index in [2.05, 4.69) is 5.32 Å². The maximum atomic E-state index is 13.8. The Hall–Kier alpha value is -3.90.